The average molecular weight is 511 g/mol. The third kappa shape index (κ3) is 4.12. The second-order valence-electron chi connectivity index (χ2n) is 6.65. The lowest BCUT2D eigenvalue weighted by atomic mass is 10.0. The highest BCUT2D eigenvalue weighted by atomic mass is 35.5. The molecule has 12 heteroatoms. The largest absolute Gasteiger partial charge is 0.419 e. The molecule has 0 aliphatic carbocycles. The zero-order valence-electron chi connectivity index (χ0n) is 15.3. The van der Waals surface area contributed by atoms with Gasteiger partial charge in [0.25, 0.3) is 0 Å². The molecule has 0 aliphatic rings. The summed E-state index contributed by atoms with van der Waals surface area (Å²) in [7, 11) is 0. The first-order chi connectivity index (χ1) is 14.9. The molecule has 0 saturated heterocycles. The van der Waals surface area contributed by atoms with Crippen LogP contribution >= 0.6 is 34.8 Å². The number of imidazole rings is 1. The molecule has 0 amide bonds. The highest BCUT2D eigenvalue weighted by Gasteiger charge is 2.37. The zero-order valence-corrected chi connectivity index (χ0v) is 17.6. The van der Waals surface area contributed by atoms with Gasteiger partial charge in [-0.15, -0.1) is 0 Å². The van der Waals surface area contributed by atoms with Crippen LogP contribution < -0.4 is 0 Å². The van der Waals surface area contributed by atoms with Gasteiger partial charge in [-0.05, 0) is 30.3 Å². The van der Waals surface area contributed by atoms with Crippen molar-refractivity contribution < 1.29 is 26.3 Å². The summed E-state index contributed by atoms with van der Waals surface area (Å²) in [4.78, 5) is 10.7. The third-order valence-electron chi connectivity index (χ3n) is 4.55. The van der Waals surface area contributed by atoms with Crippen molar-refractivity contribution in [2.45, 2.75) is 12.4 Å². The van der Waals surface area contributed by atoms with Gasteiger partial charge in [-0.25, -0.2) is 4.98 Å². The van der Waals surface area contributed by atoms with Crippen LogP contribution in [-0.4, -0.2) is 15.0 Å². The topological polar surface area (TPSA) is 41.6 Å². The molecule has 0 bridgehead atoms. The average Bonchev–Trinajstić information content (AvgIpc) is 3.10. The van der Waals surface area contributed by atoms with Crippen LogP contribution in [0.2, 0.25) is 15.1 Å². The molecule has 0 saturated carbocycles. The van der Waals surface area contributed by atoms with Gasteiger partial charge < -0.3 is 4.98 Å². The first-order valence-electron chi connectivity index (χ1n) is 8.64. The van der Waals surface area contributed by atoms with Crippen LogP contribution in [0.15, 0.2) is 42.6 Å². The summed E-state index contributed by atoms with van der Waals surface area (Å²) in [6.07, 6.45) is -8.23. The molecule has 0 unspecified atom stereocenters. The molecule has 1 N–H and O–H groups in total. The van der Waals surface area contributed by atoms with Gasteiger partial charge >= 0.3 is 12.4 Å². The summed E-state index contributed by atoms with van der Waals surface area (Å²) in [6, 6.07) is 6.56. The maximum Gasteiger partial charge on any atom is 0.419 e. The molecule has 0 fully saturated rings. The van der Waals surface area contributed by atoms with E-state index in [-0.39, 0.29) is 38.0 Å². The standard InChI is InChI=1S/C20H8Cl3F6N3/c21-11-3-4-30-16(15(11)20(27,28)29)8-1-2-10(12(22)5-8)18-31-14-7-9(19(24,25)26)6-13(23)17(14)32-18/h1-7H,(H,31,32). The Balaban J connectivity index is 1.81. The van der Waals surface area contributed by atoms with E-state index < -0.39 is 34.2 Å². The Labute approximate surface area is 191 Å². The van der Waals surface area contributed by atoms with Gasteiger partial charge in [0.05, 0.1) is 31.8 Å². The number of aromatic nitrogens is 3. The number of hydrogen-bond donors (Lipinski definition) is 1. The molecule has 2 aromatic carbocycles. The predicted molar refractivity (Wildman–Crippen MR) is 110 cm³/mol. The van der Waals surface area contributed by atoms with Crippen molar-refractivity contribution in [2.24, 2.45) is 0 Å². The Hall–Kier alpha value is -2.49. The van der Waals surface area contributed by atoms with E-state index in [4.69, 9.17) is 34.8 Å². The van der Waals surface area contributed by atoms with Crippen LogP contribution in [0.1, 0.15) is 11.1 Å². The molecule has 166 valence electrons. The summed E-state index contributed by atoms with van der Waals surface area (Å²) >= 11 is 18.0. The van der Waals surface area contributed by atoms with E-state index in [1.165, 1.54) is 18.2 Å². The number of alkyl halides is 6. The normalized spacial score (nSPS) is 12.5. The molecule has 3 nitrogen and oxygen atoms in total. The fourth-order valence-corrected chi connectivity index (χ4v) is 3.93. The minimum Gasteiger partial charge on any atom is -0.338 e. The summed E-state index contributed by atoms with van der Waals surface area (Å²) in [5.41, 5.74) is -2.09. The van der Waals surface area contributed by atoms with Gasteiger partial charge in [0.15, 0.2) is 0 Å². The van der Waals surface area contributed by atoms with Gasteiger partial charge in [-0.3, -0.25) is 4.98 Å². The number of H-pyrrole nitrogens is 1. The highest BCUT2D eigenvalue weighted by Crippen LogP contribution is 2.42. The van der Waals surface area contributed by atoms with Gasteiger partial charge in [-0.1, -0.05) is 40.9 Å². The third-order valence-corrected chi connectivity index (χ3v) is 5.46. The lowest BCUT2D eigenvalue weighted by molar-refractivity contribution is -0.138. The van der Waals surface area contributed by atoms with Crippen molar-refractivity contribution in [2.75, 3.05) is 0 Å². The zero-order chi connectivity index (χ0) is 23.4. The van der Waals surface area contributed by atoms with Crippen LogP contribution in [-0.2, 0) is 12.4 Å². The second-order valence-corrected chi connectivity index (χ2v) is 7.87. The van der Waals surface area contributed by atoms with E-state index in [2.05, 4.69) is 15.0 Å². The van der Waals surface area contributed by atoms with E-state index in [9.17, 15) is 26.3 Å². The molecule has 2 aromatic heterocycles. The lowest BCUT2D eigenvalue weighted by Crippen LogP contribution is -2.09. The quantitative estimate of drug-likeness (QED) is 0.276. The molecule has 0 radical (unpaired) electrons. The summed E-state index contributed by atoms with van der Waals surface area (Å²) in [6.45, 7) is 0. The summed E-state index contributed by atoms with van der Waals surface area (Å²) < 4.78 is 79.4. The van der Waals surface area contributed by atoms with E-state index in [1.54, 1.807) is 0 Å². The van der Waals surface area contributed by atoms with Crippen LogP contribution in [0.5, 0.6) is 0 Å². The fraction of sp³-hybridized carbons (Fsp3) is 0.100. The molecule has 0 spiro atoms. The molecular weight excluding hydrogens is 503 g/mol. The number of aromatic amines is 1. The maximum absolute atomic E-state index is 13.4. The van der Waals surface area contributed by atoms with Crippen LogP contribution in [0, 0.1) is 0 Å². The van der Waals surface area contributed by atoms with Crippen LogP contribution in [0.3, 0.4) is 0 Å². The molecular formula is C20H8Cl3F6N3. The molecule has 4 rings (SSSR count). The molecule has 4 aromatic rings. The van der Waals surface area contributed by atoms with Crippen LogP contribution in [0.4, 0.5) is 26.3 Å². The molecule has 32 heavy (non-hydrogen) atoms. The van der Waals surface area contributed by atoms with E-state index in [0.717, 1.165) is 24.4 Å². The monoisotopic (exact) mass is 509 g/mol. The number of rotatable bonds is 2. The number of nitrogens with one attached hydrogen (secondary N) is 1. The SMILES string of the molecule is FC(F)(F)c1cc(Cl)c2nc(-c3ccc(-c4nccc(Cl)c4C(F)(F)F)cc3Cl)[nH]c2c1. The number of halogens is 9. The van der Waals surface area contributed by atoms with E-state index >= 15 is 0 Å². The number of nitrogens with zero attached hydrogens (tertiary/aromatic N) is 2. The number of benzene rings is 2. The highest BCUT2D eigenvalue weighted by molar-refractivity contribution is 6.35. The molecule has 2 heterocycles. The van der Waals surface area contributed by atoms with Crippen molar-refractivity contribution in [1.82, 2.24) is 15.0 Å². The number of fused-ring (bicyclic) bond motifs is 1. The van der Waals surface area contributed by atoms with Crippen molar-refractivity contribution in [1.29, 1.82) is 0 Å². The van der Waals surface area contributed by atoms with E-state index in [0.29, 0.717) is 0 Å². The number of hydrogen-bond acceptors (Lipinski definition) is 2. The summed E-state index contributed by atoms with van der Waals surface area (Å²) in [5, 5.41) is -0.748. The Morgan fingerprint density at radius 2 is 1.50 bits per heavy atom. The second kappa shape index (κ2) is 7.83. The Morgan fingerprint density at radius 1 is 0.781 bits per heavy atom. The Kier molecular flexibility index (Phi) is 5.55. The maximum atomic E-state index is 13.4. The Morgan fingerprint density at radius 3 is 2.12 bits per heavy atom. The lowest BCUT2D eigenvalue weighted by Gasteiger charge is -2.14. The first kappa shape index (κ1) is 22.7. The summed E-state index contributed by atoms with van der Waals surface area (Å²) in [5.74, 6) is 0.0906. The smallest absolute Gasteiger partial charge is 0.338 e. The van der Waals surface area contributed by atoms with Gasteiger partial charge in [-0.2, -0.15) is 26.3 Å². The minimum absolute atomic E-state index is 0.0105. The number of pyridine rings is 1. The van der Waals surface area contributed by atoms with Gasteiger partial charge in [0.2, 0.25) is 0 Å². The predicted octanol–water partition coefficient (Wildman–Crippen LogP) is 8.29. The van der Waals surface area contributed by atoms with Crippen molar-refractivity contribution in [3.63, 3.8) is 0 Å². The Bertz CT molecular complexity index is 1350. The van der Waals surface area contributed by atoms with Gasteiger partial charge in [0, 0.05) is 17.3 Å². The molecule has 0 aliphatic heterocycles. The van der Waals surface area contributed by atoms with E-state index in [1.807, 2.05) is 0 Å². The van der Waals surface area contributed by atoms with Gasteiger partial charge in [0.1, 0.15) is 16.9 Å². The van der Waals surface area contributed by atoms with Crippen molar-refractivity contribution >= 4 is 45.8 Å². The molecule has 0 atom stereocenters. The minimum atomic E-state index is -4.75. The fourth-order valence-electron chi connectivity index (χ4n) is 3.15. The van der Waals surface area contributed by atoms with Crippen molar-refractivity contribution in [3.05, 3.63) is 68.8 Å². The van der Waals surface area contributed by atoms with Crippen molar-refractivity contribution in [3.8, 4) is 22.6 Å². The first-order valence-corrected chi connectivity index (χ1v) is 9.78. The van der Waals surface area contributed by atoms with Crippen LogP contribution in [0.25, 0.3) is 33.7 Å².